The van der Waals surface area contributed by atoms with Gasteiger partial charge in [-0.3, -0.25) is 19.4 Å². The number of hydrogen-bond acceptors (Lipinski definition) is 7. The number of guanidine groups is 1. The van der Waals surface area contributed by atoms with E-state index in [-0.39, 0.29) is 38.2 Å². The summed E-state index contributed by atoms with van der Waals surface area (Å²) in [5.74, 6) is -3.18. The van der Waals surface area contributed by atoms with E-state index in [4.69, 9.17) is 22.9 Å². The Balaban J connectivity index is 1.75. The average Bonchev–Trinajstić information content (AvgIpc) is 3.44. The number of carboxylic acids is 1. The van der Waals surface area contributed by atoms with Crippen LogP contribution in [0, 0.1) is 0 Å². The van der Waals surface area contributed by atoms with Gasteiger partial charge in [-0.2, -0.15) is 0 Å². The standard InChI is InChI=1S/C32H45N9O5/c33-15-7-6-13-25(39-28(42)23(34)17-20-9-2-1-3-10-20)29(43)40-26(14-8-16-37-32(35)36)30(44)41-27(31(45)46)18-21-19-38-24-12-5-4-11-22(21)24/h1-5,9-12,19,23,25-27,38H,6-8,13-18,33-34H2,(H,39,42)(H,40,43)(H,41,44)(H,45,46)(H4,35,36,37). The minimum absolute atomic E-state index is 0.0107. The Bertz CT molecular complexity index is 1470. The lowest BCUT2D eigenvalue weighted by atomic mass is 10.0. The molecule has 3 aromatic rings. The number of para-hydroxylation sites is 1. The predicted octanol–water partition coefficient (Wildman–Crippen LogP) is 0.00200. The van der Waals surface area contributed by atoms with Gasteiger partial charge in [0.1, 0.15) is 18.1 Å². The number of unbranched alkanes of at least 4 members (excludes halogenated alkanes) is 1. The molecule has 46 heavy (non-hydrogen) atoms. The van der Waals surface area contributed by atoms with E-state index in [0.29, 0.717) is 31.4 Å². The van der Waals surface area contributed by atoms with Crippen LogP contribution >= 0.6 is 0 Å². The summed E-state index contributed by atoms with van der Waals surface area (Å²) >= 11 is 0. The number of hydrogen-bond donors (Lipinski definition) is 9. The van der Waals surface area contributed by atoms with Crippen molar-refractivity contribution < 1.29 is 24.3 Å². The van der Waals surface area contributed by atoms with E-state index in [1.165, 1.54) is 0 Å². The summed E-state index contributed by atoms with van der Waals surface area (Å²) in [7, 11) is 0. The van der Waals surface area contributed by atoms with Gasteiger partial charge in [-0.1, -0.05) is 48.5 Å². The summed E-state index contributed by atoms with van der Waals surface area (Å²) in [5.41, 5.74) is 25.1. The molecule has 13 N–H and O–H groups in total. The summed E-state index contributed by atoms with van der Waals surface area (Å²) in [5, 5.41) is 18.8. The van der Waals surface area contributed by atoms with Crippen molar-refractivity contribution in [3.05, 3.63) is 71.9 Å². The van der Waals surface area contributed by atoms with Crippen molar-refractivity contribution in [3.8, 4) is 0 Å². The number of nitrogens with two attached hydrogens (primary N) is 4. The number of aliphatic carboxylic acids is 1. The van der Waals surface area contributed by atoms with Crippen LogP contribution in [0.25, 0.3) is 10.9 Å². The van der Waals surface area contributed by atoms with E-state index in [0.717, 1.165) is 16.5 Å². The van der Waals surface area contributed by atoms with Crippen LogP contribution < -0.4 is 38.9 Å². The van der Waals surface area contributed by atoms with Gasteiger partial charge < -0.3 is 49.0 Å². The molecule has 0 saturated heterocycles. The Hall–Kier alpha value is -4.95. The largest absolute Gasteiger partial charge is 0.480 e. The van der Waals surface area contributed by atoms with Gasteiger partial charge in [-0.25, -0.2) is 4.79 Å². The minimum Gasteiger partial charge on any atom is -0.480 e. The molecule has 3 amide bonds. The number of carbonyl (C=O) groups excluding carboxylic acids is 3. The van der Waals surface area contributed by atoms with Crippen LogP contribution in [0.3, 0.4) is 0 Å². The number of H-pyrrole nitrogens is 1. The fourth-order valence-electron chi connectivity index (χ4n) is 5.04. The molecule has 0 radical (unpaired) electrons. The number of nitrogens with one attached hydrogen (secondary N) is 4. The Kier molecular flexibility index (Phi) is 14.0. The summed E-state index contributed by atoms with van der Waals surface area (Å²) in [4.78, 5) is 59.4. The molecule has 1 heterocycles. The molecule has 3 rings (SSSR count). The third kappa shape index (κ3) is 11.2. The number of rotatable bonds is 19. The van der Waals surface area contributed by atoms with E-state index in [2.05, 4.69) is 25.9 Å². The van der Waals surface area contributed by atoms with Gasteiger partial charge in [-0.15, -0.1) is 0 Å². The van der Waals surface area contributed by atoms with Crippen molar-refractivity contribution in [1.82, 2.24) is 20.9 Å². The summed E-state index contributed by atoms with van der Waals surface area (Å²) in [6, 6.07) is 12.3. The molecule has 4 unspecified atom stereocenters. The first-order valence-electron chi connectivity index (χ1n) is 15.3. The van der Waals surface area contributed by atoms with Gasteiger partial charge in [0.05, 0.1) is 6.04 Å². The number of nitrogens with zero attached hydrogens (tertiary/aromatic N) is 1. The lowest BCUT2D eigenvalue weighted by Crippen LogP contribution is -2.57. The molecule has 0 aliphatic heterocycles. The second-order valence-corrected chi connectivity index (χ2v) is 11.1. The SMILES string of the molecule is NCCCCC(NC(=O)C(N)Cc1ccccc1)C(=O)NC(CCCN=C(N)N)C(=O)NC(Cc1c[nH]c2ccccc12)C(=O)O. The molecule has 248 valence electrons. The molecule has 0 aliphatic carbocycles. The van der Waals surface area contributed by atoms with Gasteiger partial charge in [-0.05, 0) is 62.3 Å². The van der Waals surface area contributed by atoms with Crippen LogP contribution in [0.1, 0.15) is 43.2 Å². The average molecular weight is 636 g/mol. The van der Waals surface area contributed by atoms with Crippen LogP contribution in [-0.2, 0) is 32.0 Å². The lowest BCUT2D eigenvalue weighted by Gasteiger charge is -2.25. The van der Waals surface area contributed by atoms with E-state index in [9.17, 15) is 24.3 Å². The van der Waals surface area contributed by atoms with Gasteiger partial charge in [0.25, 0.3) is 0 Å². The van der Waals surface area contributed by atoms with Crippen LogP contribution in [0.4, 0.5) is 0 Å². The van der Waals surface area contributed by atoms with Crippen LogP contribution in [0.2, 0.25) is 0 Å². The van der Waals surface area contributed by atoms with Crippen molar-refractivity contribution in [1.29, 1.82) is 0 Å². The number of amides is 3. The maximum Gasteiger partial charge on any atom is 0.326 e. The highest BCUT2D eigenvalue weighted by Gasteiger charge is 2.30. The van der Waals surface area contributed by atoms with Crippen LogP contribution in [-0.4, -0.2) is 77.0 Å². The Morgan fingerprint density at radius 3 is 2.04 bits per heavy atom. The zero-order valence-corrected chi connectivity index (χ0v) is 25.8. The number of aliphatic imine (C=N–C) groups is 1. The van der Waals surface area contributed by atoms with E-state index in [1.807, 2.05) is 54.6 Å². The third-order valence-corrected chi connectivity index (χ3v) is 7.51. The Labute approximate surface area is 267 Å². The molecule has 1 aromatic heterocycles. The van der Waals surface area contributed by atoms with Crippen LogP contribution in [0.15, 0.2) is 65.8 Å². The molecule has 4 atom stereocenters. The first-order valence-corrected chi connectivity index (χ1v) is 15.3. The first-order chi connectivity index (χ1) is 22.1. The quantitative estimate of drug-likeness (QED) is 0.0487. The first kappa shape index (κ1) is 35.5. The molecule has 2 aromatic carbocycles. The molecule has 0 aliphatic rings. The summed E-state index contributed by atoms with van der Waals surface area (Å²) < 4.78 is 0. The monoisotopic (exact) mass is 635 g/mol. The molecule has 0 saturated carbocycles. The fraction of sp³-hybridized carbons (Fsp3) is 0.406. The zero-order valence-electron chi connectivity index (χ0n) is 25.8. The maximum atomic E-state index is 13.6. The number of carboxylic acid groups (broad SMARTS) is 1. The molecular weight excluding hydrogens is 590 g/mol. The smallest absolute Gasteiger partial charge is 0.326 e. The predicted molar refractivity (Wildman–Crippen MR) is 176 cm³/mol. The second kappa shape index (κ2) is 18.1. The summed E-state index contributed by atoms with van der Waals surface area (Å²) in [6.07, 6.45) is 3.81. The molecule has 0 spiro atoms. The topological polar surface area (TPSA) is 257 Å². The van der Waals surface area contributed by atoms with Crippen molar-refractivity contribution in [2.75, 3.05) is 13.1 Å². The Morgan fingerprint density at radius 2 is 1.39 bits per heavy atom. The zero-order chi connectivity index (χ0) is 33.5. The lowest BCUT2D eigenvalue weighted by molar-refractivity contribution is -0.142. The van der Waals surface area contributed by atoms with Crippen molar-refractivity contribution >= 4 is 40.6 Å². The highest BCUT2D eigenvalue weighted by molar-refractivity contribution is 5.94. The Morgan fingerprint density at radius 1 is 0.783 bits per heavy atom. The molecule has 0 bridgehead atoms. The van der Waals surface area contributed by atoms with Crippen molar-refractivity contribution in [2.24, 2.45) is 27.9 Å². The number of carbonyl (C=O) groups is 4. The minimum atomic E-state index is -1.28. The van der Waals surface area contributed by atoms with Crippen LogP contribution in [0.5, 0.6) is 0 Å². The third-order valence-electron chi connectivity index (χ3n) is 7.51. The highest BCUT2D eigenvalue weighted by Crippen LogP contribution is 2.19. The van der Waals surface area contributed by atoms with E-state index in [1.54, 1.807) is 6.20 Å². The highest BCUT2D eigenvalue weighted by atomic mass is 16.4. The van der Waals surface area contributed by atoms with Gasteiger partial charge >= 0.3 is 5.97 Å². The number of aromatic amines is 1. The van der Waals surface area contributed by atoms with Gasteiger partial charge in [0.15, 0.2) is 5.96 Å². The maximum absolute atomic E-state index is 13.6. The van der Waals surface area contributed by atoms with Crippen molar-refractivity contribution in [2.45, 2.75) is 69.1 Å². The van der Waals surface area contributed by atoms with Gasteiger partial charge in [0.2, 0.25) is 17.7 Å². The molecule has 14 nitrogen and oxygen atoms in total. The number of benzene rings is 2. The van der Waals surface area contributed by atoms with Gasteiger partial charge in [0, 0.05) is 30.1 Å². The molecule has 0 fully saturated rings. The van der Waals surface area contributed by atoms with Crippen molar-refractivity contribution in [3.63, 3.8) is 0 Å². The molecule has 14 heteroatoms. The van der Waals surface area contributed by atoms with E-state index >= 15 is 0 Å². The fourth-order valence-corrected chi connectivity index (χ4v) is 5.04. The summed E-state index contributed by atoms with van der Waals surface area (Å²) in [6.45, 7) is 0.587. The van der Waals surface area contributed by atoms with E-state index < -0.39 is 47.9 Å². The second-order valence-electron chi connectivity index (χ2n) is 11.1. The number of fused-ring (bicyclic) bond motifs is 1. The number of aromatic nitrogens is 1. The normalized spacial score (nSPS) is 13.6. The molecular formula is C32H45N9O5.